The van der Waals surface area contributed by atoms with Crippen LogP contribution in [0.1, 0.15) is 46.1 Å². The number of aromatic nitrogens is 3. The molecule has 0 aliphatic heterocycles. The van der Waals surface area contributed by atoms with Crippen molar-refractivity contribution in [3.8, 4) is 11.4 Å². The van der Waals surface area contributed by atoms with Crippen molar-refractivity contribution in [2.45, 2.75) is 49.2 Å². The van der Waals surface area contributed by atoms with Crippen LogP contribution in [0.3, 0.4) is 0 Å². The largest absolute Gasteiger partial charge is 0.322 e. The van der Waals surface area contributed by atoms with E-state index >= 15 is 0 Å². The van der Waals surface area contributed by atoms with Gasteiger partial charge in [-0.2, -0.15) is 0 Å². The van der Waals surface area contributed by atoms with E-state index in [2.05, 4.69) is 15.5 Å². The lowest BCUT2D eigenvalue weighted by atomic mass is 9.95. The van der Waals surface area contributed by atoms with Crippen molar-refractivity contribution in [1.29, 1.82) is 0 Å². The first-order chi connectivity index (χ1) is 21.8. The fraction of sp³-hybridized carbons (Fsp3) is 0.188. The van der Waals surface area contributed by atoms with E-state index in [0.717, 1.165) is 41.7 Å². The van der Waals surface area contributed by atoms with E-state index in [4.69, 9.17) is 28.2 Å². The zero-order chi connectivity index (χ0) is 31.5. The third kappa shape index (κ3) is 6.81. The number of anilines is 1. The summed E-state index contributed by atoms with van der Waals surface area (Å²) < 4.78 is 1.96. The van der Waals surface area contributed by atoms with Crippen molar-refractivity contribution < 1.29 is 9.72 Å². The lowest BCUT2D eigenvalue weighted by Gasteiger charge is -2.13. The van der Waals surface area contributed by atoms with Gasteiger partial charge in [0.15, 0.2) is 11.0 Å². The summed E-state index contributed by atoms with van der Waals surface area (Å²) in [6.07, 6.45) is 5.32. The van der Waals surface area contributed by atoms with E-state index in [1.807, 2.05) is 29.7 Å². The topological polar surface area (TPSA) is 115 Å². The average molecular weight is 678 g/mol. The number of nitro benzene ring substituents is 1. The summed E-state index contributed by atoms with van der Waals surface area (Å²) in [5.41, 5.74) is 3.48. The quantitative estimate of drug-likeness (QED) is 0.0945. The maximum Gasteiger partial charge on any atom is 0.270 e. The SMILES string of the molecule is CCn1c(Sc2ccc([N+](=O)[O-])cc2C=Nc2sc3c(c2C(=O)Nc2ccc(Cl)cc2)CCCC3)nnc1-c1cccc(Cl)c1. The molecule has 1 N–H and O–H groups in total. The number of nitro groups is 1. The van der Waals surface area contributed by atoms with Crippen LogP contribution in [0.25, 0.3) is 11.4 Å². The van der Waals surface area contributed by atoms with Crippen molar-refractivity contribution in [3.05, 3.63) is 108 Å². The minimum absolute atomic E-state index is 0.0662. The Balaban J connectivity index is 1.36. The molecule has 9 nitrogen and oxygen atoms in total. The van der Waals surface area contributed by atoms with E-state index in [1.165, 1.54) is 35.2 Å². The first-order valence-electron chi connectivity index (χ1n) is 14.2. The van der Waals surface area contributed by atoms with Crippen molar-refractivity contribution in [2.24, 2.45) is 4.99 Å². The number of nitrogens with one attached hydrogen (secondary N) is 1. The standard InChI is InChI=1S/C32H26Cl2N6O3S2/c1-2-39-29(19-6-5-7-22(34)16-19)37-38-32(39)45-26-15-14-24(40(42)43)17-20(26)18-35-31-28(25-8-3-4-9-27(25)44-31)30(41)36-23-12-10-21(33)11-13-23/h5-7,10-18H,2-4,8-9H2,1H3,(H,36,41). The van der Waals surface area contributed by atoms with Gasteiger partial charge in [0.05, 0.1) is 10.5 Å². The monoisotopic (exact) mass is 676 g/mol. The Labute approximate surface area is 277 Å². The average Bonchev–Trinajstić information content (AvgIpc) is 3.62. The lowest BCUT2D eigenvalue weighted by Crippen LogP contribution is -2.14. The van der Waals surface area contributed by atoms with Gasteiger partial charge >= 0.3 is 0 Å². The second-order valence-electron chi connectivity index (χ2n) is 10.3. The molecule has 0 saturated heterocycles. The molecule has 2 aromatic heterocycles. The molecule has 1 amide bonds. The molecule has 3 aromatic carbocycles. The Morgan fingerprint density at radius 3 is 2.64 bits per heavy atom. The summed E-state index contributed by atoms with van der Waals surface area (Å²) in [7, 11) is 0. The molecule has 0 fully saturated rings. The van der Waals surface area contributed by atoms with Gasteiger partial charge in [-0.25, -0.2) is 4.99 Å². The molecule has 6 rings (SSSR count). The molecule has 0 spiro atoms. The highest BCUT2D eigenvalue weighted by atomic mass is 35.5. The zero-order valence-corrected chi connectivity index (χ0v) is 27.1. The Morgan fingerprint density at radius 2 is 1.89 bits per heavy atom. The highest BCUT2D eigenvalue weighted by molar-refractivity contribution is 7.99. The molecule has 2 heterocycles. The Morgan fingerprint density at radius 1 is 1.09 bits per heavy atom. The van der Waals surface area contributed by atoms with Gasteiger partial charge in [-0.3, -0.25) is 14.9 Å². The molecule has 13 heteroatoms. The molecule has 0 radical (unpaired) electrons. The zero-order valence-electron chi connectivity index (χ0n) is 24.0. The molecule has 5 aromatic rings. The number of nitrogens with zero attached hydrogens (tertiary/aromatic N) is 5. The number of carbonyl (C=O) groups excluding carboxylic acids is 1. The van der Waals surface area contributed by atoms with Crippen LogP contribution < -0.4 is 5.32 Å². The lowest BCUT2D eigenvalue weighted by molar-refractivity contribution is -0.384. The number of amides is 1. The number of hydrogen-bond acceptors (Lipinski definition) is 8. The number of aliphatic imine (C=N–C) groups is 1. The third-order valence-corrected chi connectivity index (χ3v) is 10.1. The van der Waals surface area contributed by atoms with E-state index in [-0.39, 0.29) is 11.6 Å². The molecule has 45 heavy (non-hydrogen) atoms. The van der Waals surface area contributed by atoms with Crippen molar-refractivity contribution in [1.82, 2.24) is 14.8 Å². The Bertz CT molecular complexity index is 1940. The van der Waals surface area contributed by atoms with Crippen LogP contribution in [-0.4, -0.2) is 31.8 Å². The van der Waals surface area contributed by atoms with Gasteiger partial charge in [0.2, 0.25) is 0 Å². The molecule has 0 saturated carbocycles. The smallest absolute Gasteiger partial charge is 0.270 e. The van der Waals surface area contributed by atoms with Gasteiger partial charge in [-0.1, -0.05) is 35.3 Å². The van der Waals surface area contributed by atoms with Crippen LogP contribution in [0.5, 0.6) is 0 Å². The molecule has 1 aliphatic rings. The third-order valence-electron chi connectivity index (χ3n) is 7.32. The Kier molecular flexibility index (Phi) is 9.32. The normalized spacial score (nSPS) is 12.8. The molecule has 0 unspecified atom stereocenters. The number of carbonyl (C=O) groups is 1. The minimum Gasteiger partial charge on any atom is -0.322 e. The van der Waals surface area contributed by atoms with E-state index in [1.54, 1.807) is 42.6 Å². The summed E-state index contributed by atoms with van der Waals surface area (Å²) in [5, 5.41) is 25.9. The van der Waals surface area contributed by atoms with Crippen molar-refractivity contribution >= 4 is 74.8 Å². The molecule has 228 valence electrons. The number of halogens is 2. The molecule has 0 bridgehead atoms. The predicted molar refractivity (Wildman–Crippen MR) is 181 cm³/mol. The van der Waals surface area contributed by atoms with Gasteiger partial charge in [0.1, 0.15) is 5.00 Å². The number of non-ortho nitro benzene ring substituents is 1. The summed E-state index contributed by atoms with van der Waals surface area (Å²) in [6, 6.07) is 19.0. The van der Waals surface area contributed by atoms with Crippen LogP contribution in [0, 0.1) is 10.1 Å². The maximum absolute atomic E-state index is 13.6. The summed E-state index contributed by atoms with van der Waals surface area (Å²) in [4.78, 5) is 31.5. The van der Waals surface area contributed by atoms with Gasteiger partial charge in [0, 0.05) is 61.5 Å². The number of thiophene rings is 1. The molecular formula is C32H26Cl2N6O3S2. The number of hydrogen-bond donors (Lipinski definition) is 1. The van der Waals surface area contributed by atoms with Gasteiger partial charge in [0.25, 0.3) is 11.6 Å². The number of benzene rings is 3. The van der Waals surface area contributed by atoms with Gasteiger partial charge in [-0.05, 0) is 92.4 Å². The van der Waals surface area contributed by atoms with Crippen molar-refractivity contribution in [3.63, 3.8) is 0 Å². The molecule has 1 aliphatic carbocycles. The fourth-order valence-corrected chi connectivity index (χ4v) is 7.68. The van der Waals surface area contributed by atoms with Crippen LogP contribution in [0.4, 0.5) is 16.4 Å². The van der Waals surface area contributed by atoms with E-state index in [0.29, 0.717) is 54.3 Å². The second kappa shape index (κ2) is 13.5. The summed E-state index contributed by atoms with van der Waals surface area (Å²) in [5.74, 6) is 0.419. The van der Waals surface area contributed by atoms with E-state index < -0.39 is 4.92 Å². The fourth-order valence-electron chi connectivity index (χ4n) is 5.16. The van der Waals surface area contributed by atoms with Gasteiger partial charge < -0.3 is 9.88 Å². The predicted octanol–water partition coefficient (Wildman–Crippen LogP) is 9.27. The first-order valence-corrected chi connectivity index (χ1v) is 16.6. The van der Waals surface area contributed by atoms with Crippen LogP contribution in [-0.2, 0) is 19.4 Å². The summed E-state index contributed by atoms with van der Waals surface area (Å²) in [6.45, 7) is 2.59. The Hall–Kier alpha value is -4.03. The molecular weight excluding hydrogens is 651 g/mol. The minimum atomic E-state index is -0.438. The van der Waals surface area contributed by atoms with Crippen LogP contribution >= 0.6 is 46.3 Å². The second-order valence-corrected chi connectivity index (χ2v) is 13.2. The molecule has 0 atom stereocenters. The van der Waals surface area contributed by atoms with Crippen LogP contribution in [0.2, 0.25) is 10.0 Å². The van der Waals surface area contributed by atoms with Crippen molar-refractivity contribution in [2.75, 3.05) is 5.32 Å². The van der Waals surface area contributed by atoms with Crippen LogP contribution in [0.15, 0.2) is 81.8 Å². The number of aryl methyl sites for hydroxylation is 1. The summed E-state index contributed by atoms with van der Waals surface area (Å²) >= 11 is 15.1. The van der Waals surface area contributed by atoms with E-state index in [9.17, 15) is 14.9 Å². The maximum atomic E-state index is 13.6. The van der Waals surface area contributed by atoms with Gasteiger partial charge in [-0.15, -0.1) is 21.5 Å². The number of rotatable bonds is 9. The highest BCUT2D eigenvalue weighted by Crippen LogP contribution is 2.41. The number of fused-ring (bicyclic) bond motifs is 1. The highest BCUT2D eigenvalue weighted by Gasteiger charge is 2.26. The first kappa shape index (κ1) is 31.0.